The molecule has 0 spiro atoms. The molecule has 2 unspecified atom stereocenters. The topological polar surface area (TPSA) is 55.2 Å². The Kier molecular flexibility index (Phi) is 3.51. The average molecular weight is 307 g/mol. The van der Waals surface area contributed by atoms with Gasteiger partial charge in [-0.2, -0.15) is 0 Å². The van der Waals surface area contributed by atoms with Crippen LogP contribution in [0, 0.1) is 15.9 Å². The number of hydrogen-bond donors (Lipinski definition) is 1. The van der Waals surface area contributed by atoms with E-state index in [-0.39, 0.29) is 22.4 Å². The predicted molar refractivity (Wildman–Crippen MR) is 79.3 cm³/mol. The molecule has 0 heterocycles. The normalized spacial score (nSPS) is 20.1. The number of nitrogens with zero attached hydrogens (tertiary/aromatic N) is 1. The van der Waals surface area contributed by atoms with Crippen LogP contribution < -0.4 is 5.32 Å². The predicted octanol–water partition coefficient (Wildman–Crippen LogP) is 4.36. The van der Waals surface area contributed by atoms with Gasteiger partial charge < -0.3 is 5.32 Å². The maximum absolute atomic E-state index is 13.4. The molecule has 1 saturated carbocycles. The lowest BCUT2D eigenvalue weighted by Gasteiger charge is -2.08. The standard InChI is InChI=1S/C15H12ClFN2O2/c16-11-7-14(15(19(20)21)8-12(11)17)18-13-6-10(13)9-4-2-1-3-5-9/h1-5,7-8,10,13,18H,6H2. The van der Waals surface area contributed by atoms with Crippen LogP contribution in [0.2, 0.25) is 5.02 Å². The zero-order valence-corrected chi connectivity index (χ0v) is 11.7. The number of nitro benzene ring substituents is 1. The van der Waals surface area contributed by atoms with Crippen molar-refractivity contribution < 1.29 is 9.31 Å². The van der Waals surface area contributed by atoms with Crippen molar-refractivity contribution in [3.05, 3.63) is 69.0 Å². The summed E-state index contributed by atoms with van der Waals surface area (Å²) in [6.45, 7) is 0. The van der Waals surface area contributed by atoms with E-state index in [0.29, 0.717) is 5.92 Å². The summed E-state index contributed by atoms with van der Waals surface area (Å²) in [5.74, 6) is -0.473. The summed E-state index contributed by atoms with van der Waals surface area (Å²) in [5.41, 5.74) is 1.15. The van der Waals surface area contributed by atoms with Crippen molar-refractivity contribution in [3.63, 3.8) is 0 Å². The molecule has 1 fully saturated rings. The lowest BCUT2D eigenvalue weighted by Crippen LogP contribution is -2.07. The van der Waals surface area contributed by atoms with Gasteiger partial charge in [-0.05, 0) is 18.1 Å². The number of nitro groups is 1. The highest BCUT2D eigenvalue weighted by molar-refractivity contribution is 6.31. The second kappa shape index (κ2) is 5.33. The summed E-state index contributed by atoms with van der Waals surface area (Å²) in [6, 6.07) is 12.1. The monoisotopic (exact) mass is 306 g/mol. The van der Waals surface area contributed by atoms with Crippen molar-refractivity contribution in [2.45, 2.75) is 18.4 Å². The van der Waals surface area contributed by atoms with Crippen molar-refractivity contribution in [1.29, 1.82) is 0 Å². The number of hydrogen-bond acceptors (Lipinski definition) is 3. The number of halogens is 2. The van der Waals surface area contributed by atoms with E-state index in [0.717, 1.165) is 12.5 Å². The molecule has 2 aromatic rings. The van der Waals surface area contributed by atoms with E-state index in [4.69, 9.17) is 11.6 Å². The summed E-state index contributed by atoms with van der Waals surface area (Å²) >= 11 is 5.71. The van der Waals surface area contributed by atoms with Crippen molar-refractivity contribution in [3.8, 4) is 0 Å². The van der Waals surface area contributed by atoms with Gasteiger partial charge in [-0.1, -0.05) is 41.9 Å². The van der Waals surface area contributed by atoms with E-state index in [1.165, 1.54) is 11.6 Å². The molecule has 0 aliphatic heterocycles. The average Bonchev–Trinajstić information content (AvgIpc) is 3.22. The van der Waals surface area contributed by atoms with E-state index in [2.05, 4.69) is 5.32 Å². The second-order valence-corrected chi connectivity index (χ2v) is 5.45. The first-order valence-electron chi connectivity index (χ1n) is 6.51. The fourth-order valence-corrected chi connectivity index (χ4v) is 2.59. The van der Waals surface area contributed by atoms with E-state index in [9.17, 15) is 14.5 Å². The van der Waals surface area contributed by atoms with E-state index < -0.39 is 10.7 Å². The molecule has 2 atom stereocenters. The summed E-state index contributed by atoms with van der Waals surface area (Å²) < 4.78 is 13.4. The third-order valence-corrected chi connectivity index (χ3v) is 3.88. The Morgan fingerprint density at radius 1 is 1.29 bits per heavy atom. The van der Waals surface area contributed by atoms with Crippen LogP contribution in [0.4, 0.5) is 15.8 Å². The highest BCUT2D eigenvalue weighted by Crippen LogP contribution is 2.44. The Hall–Kier alpha value is -2.14. The van der Waals surface area contributed by atoms with Crippen molar-refractivity contribution in [2.75, 3.05) is 5.32 Å². The highest BCUT2D eigenvalue weighted by atomic mass is 35.5. The first kappa shape index (κ1) is 13.8. The quantitative estimate of drug-likeness (QED) is 0.674. The third-order valence-electron chi connectivity index (χ3n) is 3.59. The van der Waals surface area contributed by atoms with Crippen LogP contribution in [0.5, 0.6) is 0 Å². The summed E-state index contributed by atoms with van der Waals surface area (Å²) in [6.07, 6.45) is 0.885. The third kappa shape index (κ3) is 2.83. The van der Waals surface area contributed by atoms with Crippen LogP contribution in [0.15, 0.2) is 42.5 Å². The smallest absolute Gasteiger partial charge is 0.295 e. The Bertz CT molecular complexity index is 694. The Labute approximate surface area is 125 Å². The van der Waals surface area contributed by atoms with E-state index >= 15 is 0 Å². The Balaban J connectivity index is 1.80. The SMILES string of the molecule is O=[N+]([O-])c1cc(F)c(Cl)cc1NC1CC1c1ccccc1. The van der Waals surface area contributed by atoms with Gasteiger partial charge in [0.25, 0.3) is 5.69 Å². The van der Waals surface area contributed by atoms with Gasteiger partial charge in [0.2, 0.25) is 0 Å². The Morgan fingerprint density at radius 3 is 2.67 bits per heavy atom. The largest absolute Gasteiger partial charge is 0.376 e. The molecule has 3 rings (SSSR count). The van der Waals surface area contributed by atoms with Gasteiger partial charge in [0, 0.05) is 12.0 Å². The van der Waals surface area contributed by atoms with Crippen LogP contribution in [-0.2, 0) is 0 Å². The molecule has 1 N–H and O–H groups in total. The van der Waals surface area contributed by atoms with Gasteiger partial charge in [0.1, 0.15) is 11.5 Å². The van der Waals surface area contributed by atoms with Crippen molar-refractivity contribution >= 4 is 23.0 Å². The van der Waals surface area contributed by atoms with Gasteiger partial charge in [0.05, 0.1) is 16.0 Å². The molecule has 0 bridgehead atoms. The molecule has 0 amide bonds. The maximum Gasteiger partial charge on any atom is 0.295 e. The Morgan fingerprint density at radius 2 is 2.00 bits per heavy atom. The fourth-order valence-electron chi connectivity index (χ4n) is 2.43. The molecular formula is C15H12ClFN2O2. The molecule has 108 valence electrons. The summed E-state index contributed by atoms with van der Waals surface area (Å²) in [7, 11) is 0. The van der Waals surface area contributed by atoms with Crippen LogP contribution in [0.25, 0.3) is 0 Å². The van der Waals surface area contributed by atoms with Gasteiger partial charge in [0.15, 0.2) is 0 Å². The van der Waals surface area contributed by atoms with Crippen LogP contribution in [0.3, 0.4) is 0 Å². The molecule has 0 saturated heterocycles. The highest BCUT2D eigenvalue weighted by Gasteiger charge is 2.39. The number of rotatable bonds is 4. The molecule has 0 radical (unpaired) electrons. The first-order chi connectivity index (χ1) is 10.1. The van der Waals surface area contributed by atoms with Crippen LogP contribution in [-0.4, -0.2) is 11.0 Å². The molecule has 2 aromatic carbocycles. The molecular weight excluding hydrogens is 295 g/mol. The lowest BCUT2D eigenvalue weighted by molar-refractivity contribution is -0.384. The van der Waals surface area contributed by atoms with E-state index in [1.807, 2.05) is 30.3 Å². The minimum absolute atomic E-state index is 0.104. The zero-order valence-electron chi connectivity index (χ0n) is 10.9. The van der Waals surface area contributed by atoms with Crippen molar-refractivity contribution in [1.82, 2.24) is 0 Å². The maximum atomic E-state index is 13.4. The summed E-state index contributed by atoms with van der Waals surface area (Å²) in [4.78, 5) is 10.4. The fraction of sp³-hybridized carbons (Fsp3) is 0.200. The minimum atomic E-state index is -0.788. The van der Waals surface area contributed by atoms with Gasteiger partial charge in [-0.3, -0.25) is 10.1 Å². The molecule has 6 heteroatoms. The molecule has 1 aliphatic carbocycles. The van der Waals surface area contributed by atoms with Crippen molar-refractivity contribution in [2.24, 2.45) is 0 Å². The number of benzene rings is 2. The second-order valence-electron chi connectivity index (χ2n) is 5.04. The van der Waals surface area contributed by atoms with Gasteiger partial charge in [-0.15, -0.1) is 0 Å². The lowest BCUT2D eigenvalue weighted by atomic mass is 10.1. The number of anilines is 1. The minimum Gasteiger partial charge on any atom is -0.376 e. The molecule has 4 nitrogen and oxygen atoms in total. The van der Waals surface area contributed by atoms with Crippen LogP contribution >= 0.6 is 11.6 Å². The molecule has 21 heavy (non-hydrogen) atoms. The van der Waals surface area contributed by atoms with Crippen LogP contribution in [0.1, 0.15) is 17.9 Å². The van der Waals surface area contributed by atoms with Gasteiger partial charge in [-0.25, -0.2) is 4.39 Å². The summed E-state index contributed by atoms with van der Waals surface area (Å²) in [5, 5.41) is 14.0. The number of nitrogens with one attached hydrogen (secondary N) is 1. The molecule has 0 aromatic heterocycles. The van der Waals surface area contributed by atoms with E-state index in [1.54, 1.807) is 0 Å². The zero-order chi connectivity index (χ0) is 15.0. The molecule has 1 aliphatic rings. The van der Waals surface area contributed by atoms with Gasteiger partial charge >= 0.3 is 0 Å². The first-order valence-corrected chi connectivity index (χ1v) is 6.89.